The van der Waals surface area contributed by atoms with Gasteiger partial charge in [0.15, 0.2) is 0 Å². The zero-order chi connectivity index (χ0) is 25.9. The van der Waals surface area contributed by atoms with E-state index in [0.717, 1.165) is 31.7 Å². The Hall–Kier alpha value is -1.75. The number of halogens is 2. The van der Waals surface area contributed by atoms with Gasteiger partial charge in [-0.2, -0.15) is 0 Å². The van der Waals surface area contributed by atoms with Crippen molar-refractivity contribution in [2.45, 2.75) is 77.4 Å². The fourth-order valence-corrected chi connectivity index (χ4v) is 6.52. The van der Waals surface area contributed by atoms with Crippen LogP contribution in [0.3, 0.4) is 0 Å². The first-order valence-electron chi connectivity index (χ1n) is 13.3. The SMILES string of the molecule is CC(=O)N1CCC(N2CCC3(CC2)CC3(C)c2ccc(OC(C)C)cc2)CC1.Clc1ccccc1Cl. The lowest BCUT2D eigenvalue weighted by molar-refractivity contribution is -0.130. The maximum Gasteiger partial charge on any atom is 0.219 e. The van der Waals surface area contributed by atoms with Gasteiger partial charge < -0.3 is 14.5 Å². The topological polar surface area (TPSA) is 32.8 Å². The minimum absolute atomic E-state index is 0.223. The van der Waals surface area contributed by atoms with E-state index < -0.39 is 0 Å². The number of ether oxygens (including phenoxy) is 1. The standard InChI is InChI=1S/C24H36N2O2.C6H4Cl2/c1-18(2)28-22-7-5-20(6-8-22)23(4)17-24(23)11-15-26(16-12-24)21-9-13-25(14-10-21)19(3)27;7-5-3-1-2-4-6(5)8/h5-8,18,21H,9-17H2,1-4H3;1-4H. The summed E-state index contributed by atoms with van der Waals surface area (Å²) in [5, 5.41) is 1.21. The molecule has 6 heteroatoms. The molecule has 36 heavy (non-hydrogen) atoms. The van der Waals surface area contributed by atoms with E-state index in [0.29, 0.717) is 26.9 Å². The molecule has 3 aliphatic rings. The van der Waals surface area contributed by atoms with E-state index in [4.69, 9.17) is 27.9 Å². The number of likely N-dealkylation sites (tertiary alicyclic amines) is 2. The molecule has 3 fully saturated rings. The summed E-state index contributed by atoms with van der Waals surface area (Å²) in [7, 11) is 0. The summed E-state index contributed by atoms with van der Waals surface area (Å²) in [6, 6.07) is 16.7. The van der Waals surface area contributed by atoms with Gasteiger partial charge in [0.05, 0.1) is 16.1 Å². The van der Waals surface area contributed by atoms with Gasteiger partial charge in [-0.25, -0.2) is 0 Å². The largest absolute Gasteiger partial charge is 0.491 e. The quantitative estimate of drug-likeness (QED) is 0.418. The number of piperidine rings is 2. The van der Waals surface area contributed by atoms with Crippen molar-refractivity contribution < 1.29 is 9.53 Å². The molecule has 0 radical (unpaired) electrons. The van der Waals surface area contributed by atoms with Crippen LogP contribution in [0.5, 0.6) is 5.75 Å². The molecular weight excluding hydrogens is 491 g/mol. The highest BCUT2D eigenvalue weighted by atomic mass is 35.5. The van der Waals surface area contributed by atoms with Crippen molar-refractivity contribution in [3.63, 3.8) is 0 Å². The Morgan fingerprint density at radius 1 is 0.944 bits per heavy atom. The summed E-state index contributed by atoms with van der Waals surface area (Å²) >= 11 is 11.2. The van der Waals surface area contributed by atoms with Crippen molar-refractivity contribution in [1.82, 2.24) is 9.80 Å². The number of hydrogen-bond acceptors (Lipinski definition) is 3. The van der Waals surface area contributed by atoms with E-state index in [1.807, 2.05) is 17.0 Å². The van der Waals surface area contributed by atoms with Gasteiger partial charge in [-0.15, -0.1) is 0 Å². The number of carbonyl (C=O) groups excluding carboxylic acids is 1. The second kappa shape index (κ2) is 11.3. The molecule has 2 heterocycles. The van der Waals surface area contributed by atoms with Crippen LogP contribution < -0.4 is 4.74 Å². The molecule has 1 atom stereocenters. The molecule has 1 unspecified atom stereocenters. The first-order chi connectivity index (χ1) is 17.1. The summed E-state index contributed by atoms with van der Waals surface area (Å²) in [6.45, 7) is 12.6. The number of hydrogen-bond donors (Lipinski definition) is 0. The first-order valence-corrected chi connectivity index (χ1v) is 14.1. The molecule has 1 amide bonds. The second-order valence-electron chi connectivity index (χ2n) is 11.2. The van der Waals surface area contributed by atoms with E-state index in [-0.39, 0.29) is 12.0 Å². The van der Waals surface area contributed by atoms with Crippen molar-refractivity contribution in [3.8, 4) is 5.75 Å². The Balaban J connectivity index is 0.000000325. The number of benzene rings is 2. The fourth-order valence-electron chi connectivity index (χ4n) is 6.25. The maximum atomic E-state index is 11.6. The summed E-state index contributed by atoms with van der Waals surface area (Å²) in [5.74, 6) is 1.21. The van der Waals surface area contributed by atoms with Crippen molar-refractivity contribution in [2.75, 3.05) is 26.2 Å². The third-order valence-electron chi connectivity index (χ3n) is 8.61. The van der Waals surface area contributed by atoms with Gasteiger partial charge in [0.1, 0.15) is 5.75 Å². The molecule has 2 saturated heterocycles. The van der Waals surface area contributed by atoms with Crippen LogP contribution in [0.15, 0.2) is 48.5 Å². The zero-order valence-corrected chi connectivity index (χ0v) is 23.6. The van der Waals surface area contributed by atoms with Gasteiger partial charge in [-0.3, -0.25) is 4.79 Å². The number of rotatable bonds is 4. The van der Waals surface area contributed by atoms with Gasteiger partial charge >= 0.3 is 0 Å². The molecule has 0 N–H and O–H groups in total. The molecule has 1 aliphatic carbocycles. The van der Waals surface area contributed by atoms with Gasteiger partial charge in [-0.1, -0.05) is 54.4 Å². The van der Waals surface area contributed by atoms with Crippen LogP contribution in [0, 0.1) is 5.41 Å². The predicted octanol–water partition coefficient (Wildman–Crippen LogP) is 7.22. The average Bonchev–Trinajstić information content (AvgIpc) is 3.45. The smallest absolute Gasteiger partial charge is 0.219 e. The van der Waals surface area contributed by atoms with E-state index in [1.165, 1.54) is 37.9 Å². The summed E-state index contributed by atoms with van der Waals surface area (Å²) < 4.78 is 5.81. The Kier molecular flexibility index (Phi) is 8.59. The normalized spacial score (nSPS) is 23.8. The maximum absolute atomic E-state index is 11.6. The van der Waals surface area contributed by atoms with E-state index >= 15 is 0 Å². The van der Waals surface area contributed by atoms with Crippen molar-refractivity contribution in [2.24, 2.45) is 5.41 Å². The molecule has 1 saturated carbocycles. The minimum Gasteiger partial charge on any atom is -0.491 e. The zero-order valence-electron chi connectivity index (χ0n) is 22.1. The highest BCUT2D eigenvalue weighted by Crippen LogP contribution is 2.69. The molecule has 2 aliphatic heterocycles. The summed E-state index contributed by atoms with van der Waals surface area (Å²) in [4.78, 5) is 16.3. The fraction of sp³-hybridized carbons (Fsp3) is 0.567. The van der Waals surface area contributed by atoms with Gasteiger partial charge in [0.25, 0.3) is 0 Å². The van der Waals surface area contributed by atoms with Crippen LogP contribution >= 0.6 is 23.2 Å². The monoisotopic (exact) mass is 530 g/mol. The Labute approximate surface area is 226 Å². The highest BCUT2D eigenvalue weighted by Gasteiger charge is 2.64. The van der Waals surface area contributed by atoms with Crippen LogP contribution in [-0.2, 0) is 10.2 Å². The van der Waals surface area contributed by atoms with Crippen LogP contribution in [0.4, 0.5) is 0 Å². The van der Waals surface area contributed by atoms with Gasteiger partial charge in [-0.05, 0) is 99.7 Å². The van der Waals surface area contributed by atoms with Crippen LogP contribution in [0.25, 0.3) is 0 Å². The summed E-state index contributed by atoms with van der Waals surface area (Å²) in [6.07, 6.45) is 6.44. The average molecular weight is 532 g/mol. The first kappa shape index (κ1) is 27.3. The van der Waals surface area contributed by atoms with Crippen molar-refractivity contribution in [3.05, 3.63) is 64.1 Å². The lowest BCUT2D eigenvalue weighted by Gasteiger charge is -2.43. The third-order valence-corrected chi connectivity index (χ3v) is 9.36. The number of nitrogens with zero attached hydrogens (tertiary/aromatic N) is 2. The van der Waals surface area contributed by atoms with Gasteiger partial charge in [0.2, 0.25) is 5.91 Å². The van der Waals surface area contributed by atoms with E-state index in [1.54, 1.807) is 19.1 Å². The molecule has 0 bridgehead atoms. The minimum atomic E-state index is 0.223. The molecular formula is C30H40Cl2N2O2. The molecule has 1 spiro atoms. The molecule has 2 aromatic rings. The highest BCUT2D eigenvalue weighted by molar-refractivity contribution is 6.41. The van der Waals surface area contributed by atoms with Crippen LogP contribution in [0.2, 0.25) is 10.0 Å². The Bertz CT molecular complexity index is 1000. The van der Waals surface area contributed by atoms with E-state index in [2.05, 4.69) is 49.9 Å². The van der Waals surface area contributed by atoms with E-state index in [9.17, 15) is 4.79 Å². The summed E-state index contributed by atoms with van der Waals surface area (Å²) in [5.41, 5.74) is 2.30. The second-order valence-corrected chi connectivity index (χ2v) is 12.0. The van der Waals surface area contributed by atoms with Crippen molar-refractivity contribution >= 4 is 29.1 Å². The predicted molar refractivity (Wildman–Crippen MR) is 149 cm³/mol. The molecule has 0 aromatic heterocycles. The van der Waals surface area contributed by atoms with Crippen molar-refractivity contribution in [1.29, 1.82) is 0 Å². The third kappa shape index (κ3) is 6.03. The van der Waals surface area contributed by atoms with Crippen LogP contribution in [-0.4, -0.2) is 54.0 Å². The number of amides is 1. The Morgan fingerprint density at radius 3 is 1.97 bits per heavy atom. The lowest BCUT2D eigenvalue weighted by Crippen LogP contribution is -2.49. The molecule has 2 aromatic carbocycles. The van der Waals surface area contributed by atoms with Gasteiger partial charge in [0, 0.05) is 26.1 Å². The Morgan fingerprint density at radius 2 is 1.50 bits per heavy atom. The molecule has 5 rings (SSSR count). The molecule has 4 nitrogen and oxygen atoms in total. The molecule has 196 valence electrons. The lowest BCUT2D eigenvalue weighted by atomic mass is 9.80. The van der Waals surface area contributed by atoms with Crippen LogP contribution in [0.1, 0.15) is 65.4 Å². The number of carbonyl (C=O) groups is 1.